The van der Waals surface area contributed by atoms with Crippen molar-refractivity contribution in [2.45, 2.75) is 12.6 Å². The number of likely N-dealkylation sites (N-methyl/N-ethyl adjacent to an activating group) is 1. The van der Waals surface area contributed by atoms with E-state index in [0.29, 0.717) is 24.2 Å². The molecule has 2 heterocycles. The average Bonchev–Trinajstić information content (AvgIpc) is 3.00. The highest BCUT2D eigenvalue weighted by Crippen LogP contribution is 2.44. The Kier molecular flexibility index (Phi) is 3.01. The summed E-state index contributed by atoms with van der Waals surface area (Å²) in [4.78, 5) is 15.9. The van der Waals surface area contributed by atoms with E-state index in [1.54, 1.807) is 7.05 Å². The molecule has 5 nitrogen and oxygen atoms in total. The number of nitrogens with one attached hydrogen (secondary N) is 1. The van der Waals surface area contributed by atoms with Crippen molar-refractivity contribution in [3.63, 3.8) is 0 Å². The first-order valence-electron chi connectivity index (χ1n) is 6.53. The summed E-state index contributed by atoms with van der Waals surface area (Å²) >= 11 is 0. The molecule has 0 fully saturated rings. The van der Waals surface area contributed by atoms with Gasteiger partial charge in [-0.15, -0.1) is 0 Å². The number of methoxy groups -OCH3 is 1. The number of carbonyl (C=O) groups excluding carboxylic acids is 1. The summed E-state index contributed by atoms with van der Waals surface area (Å²) < 4.78 is 44.1. The number of aromatic hydroxyl groups is 1. The number of fused-ring (bicyclic) bond motifs is 3. The molecule has 1 aromatic carbocycles. The van der Waals surface area contributed by atoms with Gasteiger partial charge in [0.15, 0.2) is 0 Å². The van der Waals surface area contributed by atoms with E-state index in [0.717, 1.165) is 7.11 Å². The number of benzene rings is 1. The minimum Gasteiger partial charge on any atom is -0.506 e. The molecule has 0 spiro atoms. The van der Waals surface area contributed by atoms with Crippen molar-refractivity contribution in [3.8, 4) is 5.75 Å². The first kappa shape index (κ1) is 14.6. The number of H-pyrrole nitrogens is 1. The molecule has 0 aliphatic carbocycles. The van der Waals surface area contributed by atoms with Gasteiger partial charge in [-0.05, 0) is 12.0 Å². The van der Waals surface area contributed by atoms with Crippen LogP contribution >= 0.6 is 0 Å². The molecule has 22 heavy (non-hydrogen) atoms. The maximum absolute atomic E-state index is 13.2. The van der Waals surface area contributed by atoms with Gasteiger partial charge in [-0.25, -0.2) is 4.79 Å². The number of alkyl halides is 3. The van der Waals surface area contributed by atoms with E-state index < -0.39 is 23.4 Å². The largest absolute Gasteiger partial charge is 0.506 e. The highest BCUT2D eigenvalue weighted by atomic mass is 19.4. The Hall–Kier alpha value is -2.38. The van der Waals surface area contributed by atoms with Gasteiger partial charge in [0, 0.05) is 30.7 Å². The number of esters is 1. The summed E-state index contributed by atoms with van der Waals surface area (Å²) in [7, 11) is 2.79. The quantitative estimate of drug-likeness (QED) is 0.794. The summed E-state index contributed by atoms with van der Waals surface area (Å²) in [6.45, 7) is 0.598. The number of nitrogens with zero attached hydrogens (tertiary/aromatic N) is 1. The van der Waals surface area contributed by atoms with Gasteiger partial charge in [-0.2, -0.15) is 13.2 Å². The van der Waals surface area contributed by atoms with Crippen molar-refractivity contribution in [2.75, 3.05) is 25.6 Å². The van der Waals surface area contributed by atoms with Crippen LogP contribution in [-0.2, 0) is 17.3 Å². The molecule has 118 valence electrons. The van der Waals surface area contributed by atoms with Crippen molar-refractivity contribution < 1.29 is 27.8 Å². The van der Waals surface area contributed by atoms with E-state index in [1.165, 1.54) is 6.07 Å². The molecule has 3 rings (SSSR count). The molecule has 0 saturated heterocycles. The Morgan fingerprint density at radius 1 is 1.45 bits per heavy atom. The molecule has 2 N–H and O–H groups in total. The predicted molar refractivity (Wildman–Crippen MR) is 73.3 cm³/mol. The maximum Gasteiger partial charge on any atom is 0.432 e. The van der Waals surface area contributed by atoms with Crippen LogP contribution in [0.1, 0.15) is 21.6 Å². The lowest BCUT2D eigenvalue weighted by molar-refractivity contribution is -0.141. The van der Waals surface area contributed by atoms with Crippen LogP contribution in [0.3, 0.4) is 0 Å². The van der Waals surface area contributed by atoms with Gasteiger partial charge >= 0.3 is 12.1 Å². The number of ether oxygens (including phenoxy) is 1. The maximum atomic E-state index is 13.2. The van der Waals surface area contributed by atoms with Crippen LogP contribution in [0.15, 0.2) is 6.07 Å². The summed E-state index contributed by atoms with van der Waals surface area (Å²) in [6, 6.07) is 1.41. The zero-order valence-electron chi connectivity index (χ0n) is 11.8. The topological polar surface area (TPSA) is 65.6 Å². The lowest BCUT2D eigenvalue weighted by Crippen LogP contribution is -2.13. The number of carbonyl (C=O) groups is 1. The molecule has 0 amide bonds. The second kappa shape index (κ2) is 4.56. The van der Waals surface area contributed by atoms with Gasteiger partial charge in [0.05, 0.1) is 18.2 Å². The fourth-order valence-corrected chi connectivity index (χ4v) is 2.92. The summed E-state index contributed by atoms with van der Waals surface area (Å²) in [5, 5.41) is 10.1. The molecule has 2 aromatic rings. The Labute approximate surface area is 123 Å². The molecular weight excluding hydrogens is 301 g/mol. The molecule has 0 unspecified atom stereocenters. The van der Waals surface area contributed by atoms with Crippen LogP contribution in [0.2, 0.25) is 0 Å². The van der Waals surface area contributed by atoms with Gasteiger partial charge in [-0.3, -0.25) is 0 Å². The van der Waals surface area contributed by atoms with E-state index in [-0.39, 0.29) is 16.7 Å². The lowest BCUT2D eigenvalue weighted by atomic mass is 10.0. The van der Waals surface area contributed by atoms with Gasteiger partial charge in [0.25, 0.3) is 0 Å². The highest BCUT2D eigenvalue weighted by Gasteiger charge is 2.41. The first-order chi connectivity index (χ1) is 10.3. The number of halogens is 3. The predicted octanol–water partition coefficient (Wildman–Crippen LogP) is 2.67. The molecule has 1 aliphatic heterocycles. The Bertz CT molecular complexity index is 780. The van der Waals surface area contributed by atoms with E-state index >= 15 is 0 Å². The molecule has 1 aromatic heterocycles. The molecule has 0 radical (unpaired) electrons. The fourth-order valence-electron chi connectivity index (χ4n) is 2.92. The minimum absolute atomic E-state index is 0.0820. The van der Waals surface area contributed by atoms with Crippen LogP contribution in [-0.4, -0.2) is 36.8 Å². The number of rotatable bonds is 1. The third-order valence-electron chi connectivity index (χ3n) is 3.92. The Morgan fingerprint density at radius 3 is 2.73 bits per heavy atom. The molecule has 8 heteroatoms. The summed E-state index contributed by atoms with van der Waals surface area (Å²) in [6.07, 6.45) is -4.27. The highest BCUT2D eigenvalue weighted by molar-refractivity contribution is 6.10. The average molecular weight is 314 g/mol. The summed E-state index contributed by atoms with van der Waals surface area (Å²) in [5.41, 5.74) is -0.660. The normalized spacial score (nSPS) is 14.5. The zero-order valence-corrected chi connectivity index (χ0v) is 11.8. The standard InChI is InChI=1S/C14H13F3N2O3/c1-19-4-3-6-7(19)5-8(20)11-9(6)10(13(21)22-2)12(18-11)14(15,16)17/h5,18,20H,3-4H2,1-2H3. The van der Waals surface area contributed by atoms with Crippen molar-refractivity contribution in [1.29, 1.82) is 0 Å². The van der Waals surface area contributed by atoms with Crippen LogP contribution in [0.25, 0.3) is 10.9 Å². The third-order valence-corrected chi connectivity index (χ3v) is 3.92. The molecule has 1 aliphatic rings. The number of aromatic amines is 1. The van der Waals surface area contributed by atoms with Gasteiger partial charge in [-0.1, -0.05) is 0 Å². The SMILES string of the molecule is COC(=O)c1c(C(F)(F)F)[nH]c2c(O)cc3c(c12)CCN3C. The van der Waals surface area contributed by atoms with Crippen molar-refractivity contribution in [2.24, 2.45) is 0 Å². The van der Waals surface area contributed by atoms with Crippen molar-refractivity contribution in [1.82, 2.24) is 4.98 Å². The Morgan fingerprint density at radius 2 is 2.14 bits per heavy atom. The number of aromatic nitrogens is 1. The first-order valence-corrected chi connectivity index (χ1v) is 6.53. The van der Waals surface area contributed by atoms with Crippen LogP contribution in [0.5, 0.6) is 5.75 Å². The lowest BCUT2D eigenvalue weighted by Gasteiger charge is -2.12. The fraction of sp³-hybridized carbons (Fsp3) is 0.357. The summed E-state index contributed by atoms with van der Waals surface area (Å²) in [5.74, 6) is -1.41. The van der Waals surface area contributed by atoms with Gasteiger partial charge in [0.1, 0.15) is 11.4 Å². The van der Waals surface area contributed by atoms with E-state index in [9.17, 15) is 23.1 Å². The smallest absolute Gasteiger partial charge is 0.432 e. The van der Waals surface area contributed by atoms with Crippen LogP contribution < -0.4 is 4.90 Å². The van der Waals surface area contributed by atoms with Crippen molar-refractivity contribution in [3.05, 3.63) is 22.9 Å². The zero-order chi connectivity index (χ0) is 16.2. The Balaban J connectivity index is 2.46. The number of phenolic OH excluding ortho intramolecular Hbond substituents is 1. The minimum atomic E-state index is -4.76. The monoisotopic (exact) mass is 314 g/mol. The molecule has 0 saturated carbocycles. The number of anilines is 1. The second-order valence-corrected chi connectivity index (χ2v) is 5.18. The molecular formula is C14H13F3N2O3. The second-order valence-electron chi connectivity index (χ2n) is 5.18. The molecule has 0 bridgehead atoms. The van der Waals surface area contributed by atoms with Crippen LogP contribution in [0, 0.1) is 0 Å². The van der Waals surface area contributed by atoms with E-state index in [2.05, 4.69) is 9.72 Å². The van der Waals surface area contributed by atoms with Crippen molar-refractivity contribution >= 4 is 22.6 Å². The van der Waals surface area contributed by atoms with E-state index in [1.807, 2.05) is 4.90 Å². The van der Waals surface area contributed by atoms with Crippen LogP contribution in [0.4, 0.5) is 18.9 Å². The van der Waals surface area contributed by atoms with Gasteiger partial charge in [0.2, 0.25) is 0 Å². The van der Waals surface area contributed by atoms with Gasteiger partial charge < -0.3 is 19.7 Å². The van der Waals surface area contributed by atoms with E-state index in [4.69, 9.17) is 0 Å². The third kappa shape index (κ3) is 1.90. The number of phenols is 1. The number of hydrogen-bond donors (Lipinski definition) is 2. The number of hydrogen-bond acceptors (Lipinski definition) is 4. The molecule has 0 atom stereocenters.